The molecule has 0 aliphatic heterocycles. The van der Waals surface area contributed by atoms with E-state index in [1.807, 2.05) is 0 Å². The molecule has 140 valence electrons. The number of aliphatic hydroxyl groups excluding tert-OH is 2. The van der Waals surface area contributed by atoms with E-state index in [4.69, 9.17) is 0 Å². The average molecular weight is 347 g/mol. The summed E-state index contributed by atoms with van der Waals surface area (Å²) in [6.07, 6.45) is 8.79. The molecule has 0 saturated heterocycles. The summed E-state index contributed by atoms with van der Waals surface area (Å²) in [4.78, 5) is 11.7. The maximum Gasteiger partial charge on any atom is 0.217 e. The molecule has 6 unspecified atom stereocenters. The van der Waals surface area contributed by atoms with Crippen molar-refractivity contribution in [2.24, 2.45) is 28.6 Å². The SMILES string of the molecule is CC(=O)NC1C(O)CC2C3CC=C4CC(O)CC[C@]4(C)C3CC[C@@]21C. The Kier molecular flexibility index (Phi) is 4.08. The van der Waals surface area contributed by atoms with Gasteiger partial charge in [0.15, 0.2) is 0 Å². The summed E-state index contributed by atoms with van der Waals surface area (Å²) in [5, 5.41) is 23.8. The van der Waals surface area contributed by atoms with Crippen molar-refractivity contribution in [2.45, 2.75) is 84.0 Å². The first-order valence-corrected chi connectivity index (χ1v) is 10.1. The van der Waals surface area contributed by atoms with Gasteiger partial charge in [0.2, 0.25) is 5.91 Å². The lowest BCUT2D eigenvalue weighted by Gasteiger charge is -2.57. The molecule has 3 fully saturated rings. The van der Waals surface area contributed by atoms with Crippen LogP contribution in [0.25, 0.3) is 0 Å². The van der Waals surface area contributed by atoms with Gasteiger partial charge in [-0.25, -0.2) is 0 Å². The number of fused-ring (bicyclic) bond motifs is 5. The summed E-state index contributed by atoms with van der Waals surface area (Å²) < 4.78 is 0. The van der Waals surface area contributed by atoms with Crippen LogP contribution in [0.5, 0.6) is 0 Å². The number of carbonyl (C=O) groups is 1. The lowest BCUT2D eigenvalue weighted by atomic mass is 9.48. The zero-order chi connectivity index (χ0) is 18.0. The minimum Gasteiger partial charge on any atom is -0.393 e. The smallest absolute Gasteiger partial charge is 0.217 e. The molecular formula is C21H33NO3. The van der Waals surface area contributed by atoms with Gasteiger partial charge >= 0.3 is 0 Å². The van der Waals surface area contributed by atoms with E-state index in [1.165, 1.54) is 12.0 Å². The molecule has 3 N–H and O–H groups in total. The Balaban J connectivity index is 1.64. The highest BCUT2D eigenvalue weighted by atomic mass is 16.3. The van der Waals surface area contributed by atoms with Crippen molar-refractivity contribution in [3.05, 3.63) is 11.6 Å². The van der Waals surface area contributed by atoms with Crippen molar-refractivity contribution in [3.63, 3.8) is 0 Å². The molecule has 4 aliphatic rings. The van der Waals surface area contributed by atoms with E-state index in [0.717, 1.165) is 38.5 Å². The van der Waals surface area contributed by atoms with E-state index in [9.17, 15) is 15.0 Å². The van der Waals surface area contributed by atoms with E-state index >= 15 is 0 Å². The van der Waals surface area contributed by atoms with Crippen molar-refractivity contribution < 1.29 is 15.0 Å². The van der Waals surface area contributed by atoms with Crippen molar-refractivity contribution in [2.75, 3.05) is 0 Å². The summed E-state index contributed by atoms with van der Waals surface area (Å²) in [6, 6.07) is -0.109. The zero-order valence-electron chi connectivity index (χ0n) is 15.8. The third-order valence-electron chi connectivity index (χ3n) is 8.46. The van der Waals surface area contributed by atoms with E-state index in [2.05, 4.69) is 25.2 Å². The number of rotatable bonds is 1. The lowest BCUT2D eigenvalue weighted by Crippen LogP contribution is -2.55. The molecule has 25 heavy (non-hydrogen) atoms. The zero-order valence-corrected chi connectivity index (χ0v) is 15.8. The number of carbonyl (C=O) groups excluding carboxylic acids is 1. The molecule has 0 radical (unpaired) electrons. The first-order chi connectivity index (χ1) is 11.8. The molecule has 0 aromatic heterocycles. The Morgan fingerprint density at radius 1 is 1.20 bits per heavy atom. The van der Waals surface area contributed by atoms with Gasteiger partial charge in [0.05, 0.1) is 18.2 Å². The van der Waals surface area contributed by atoms with Crippen LogP contribution >= 0.6 is 0 Å². The van der Waals surface area contributed by atoms with E-state index in [1.54, 1.807) is 6.92 Å². The first kappa shape index (κ1) is 17.5. The number of aliphatic hydroxyl groups is 2. The summed E-state index contributed by atoms with van der Waals surface area (Å²) >= 11 is 0. The van der Waals surface area contributed by atoms with Crippen LogP contribution in [0.15, 0.2) is 11.6 Å². The number of nitrogens with one attached hydrogen (secondary N) is 1. The summed E-state index contributed by atoms with van der Waals surface area (Å²) in [7, 11) is 0. The fourth-order valence-corrected chi connectivity index (χ4v) is 7.14. The second-order valence-electron chi connectivity index (χ2n) is 9.68. The quantitative estimate of drug-likeness (QED) is 0.639. The second-order valence-corrected chi connectivity index (χ2v) is 9.68. The van der Waals surface area contributed by atoms with Crippen LogP contribution in [0.1, 0.15) is 65.7 Å². The predicted molar refractivity (Wildman–Crippen MR) is 96.7 cm³/mol. The Bertz CT molecular complexity index is 602. The lowest BCUT2D eigenvalue weighted by molar-refractivity contribution is -0.122. The van der Waals surface area contributed by atoms with Crippen molar-refractivity contribution >= 4 is 5.91 Å². The summed E-state index contributed by atoms with van der Waals surface area (Å²) in [5.74, 6) is 1.68. The largest absolute Gasteiger partial charge is 0.393 e. The van der Waals surface area contributed by atoms with Crippen molar-refractivity contribution in [3.8, 4) is 0 Å². The summed E-state index contributed by atoms with van der Waals surface area (Å²) in [5.41, 5.74) is 1.70. The number of hydrogen-bond donors (Lipinski definition) is 3. The average Bonchev–Trinajstić information content (AvgIpc) is 2.79. The Hall–Kier alpha value is -0.870. The van der Waals surface area contributed by atoms with Crippen LogP contribution < -0.4 is 5.32 Å². The van der Waals surface area contributed by atoms with Crippen molar-refractivity contribution in [1.82, 2.24) is 5.32 Å². The normalized spacial score (nSPS) is 51.8. The molecule has 4 nitrogen and oxygen atoms in total. The molecule has 1 amide bonds. The second kappa shape index (κ2) is 5.82. The van der Waals surface area contributed by atoms with Gasteiger partial charge in [-0.2, -0.15) is 0 Å². The fourth-order valence-electron chi connectivity index (χ4n) is 7.14. The van der Waals surface area contributed by atoms with Gasteiger partial charge in [0.25, 0.3) is 0 Å². The highest BCUT2D eigenvalue weighted by molar-refractivity contribution is 5.73. The molecule has 0 spiro atoms. The van der Waals surface area contributed by atoms with Crippen LogP contribution in [0.4, 0.5) is 0 Å². The third kappa shape index (κ3) is 2.51. The molecule has 0 bridgehead atoms. The monoisotopic (exact) mass is 347 g/mol. The Labute approximate surface area is 151 Å². The number of allylic oxidation sites excluding steroid dienone is 1. The molecular weight excluding hydrogens is 314 g/mol. The van der Waals surface area contributed by atoms with Gasteiger partial charge in [0, 0.05) is 6.92 Å². The maximum absolute atomic E-state index is 11.7. The minimum absolute atomic E-state index is 0.00212. The molecule has 3 saturated carbocycles. The molecule has 4 aliphatic carbocycles. The van der Waals surface area contributed by atoms with Gasteiger partial charge in [0.1, 0.15) is 0 Å². The molecule has 0 aromatic carbocycles. The van der Waals surface area contributed by atoms with E-state index in [0.29, 0.717) is 17.8 Å². The molecule has 0 heterocycles. The minimum atomic E-state index is -0.427. The topological polar surface area (TPSA) is 69.6 Å². The van der Waals surface area contributed by atoms with Gasteiger partial charge in [-0.15, -0.1) is 0 Å². The van der Waals surface area contributed by atoms with Crippen LogP contribution in [0.3, 0.4) is 0 Å². The molecule has 0 aromatic rings. The van der Waals surface area contributed by atoms with Gasteiger partial charge in [-0.05, 0) is 73.5 Å². The van der Waals surface area contributed by atoms with Crippen LogP contribution in [0.2, 0.25) is 0 Å². The Morgan fingerprint density at radius 3 is 2.68 bits per heavy atom. The predicted octanol–water partition coefficient (Wildman–Crippen LogP) is 2.79. The Morgan fingerprint density at radius 2 is 1.96 bits per heavy atom. The third-order valence-corrected chi connectivity index (χ3v) is 8.46. The van der Waals surface area contributed by atoms with Crippen LogP contribution in [-0.2, 0) is 4.79 Å². The van der Waals surface area contributed by atoms with Gasteiger partial charge in [-0.1, -0.05) is 25.5 Å². The van der Waals surface area contributed by atoms with E-state index < -0.39 is 6.10 Å². The highest BCUT2D eigenvalue weighted by Gasteiger charge is 2.61. The van der Waals surface area contributed by atoms with Gasteiger partial charge in [-0.3, -0.25) is 4.79 Å². The highest BCUT2D eigenvalue weighted by Crippen LogP contribution is 2.64. The summed E-state index contributed by atoms with van der Waals surface area (Å²) in [6.45, 7) is 6.26. The number of hydrogen-bond acceptors (Lipinski definition) is 3. The van der Waals surface area contributed by atoms with Crippen molar-refractivity contribution in [1.29, 1.82) is 0 Å². The first-order valence-electron chi connectivity index (χ1n) is 10.1. The maximum atomic E-state index is 11.7. The van der Waals surface area contributed by atoms with Crippen LogP contribution in [-0.4, -0.2) is 34.4 Å². The molecule has 4 heteroatoms. The van der Waals surface area contributed by atoms with Gasteiger partial charge < -0.3 is 15.5 Å². The van der Waals surface area contributed by atoms with E-state index in [-0.39, 0.29) is 28.9 Å². The molecule has 4 rings (SSSR count). The fraction of sp³-hybridized carbons (Fsp3) is 0.857. The number of amides is 1. The molecule has 8 atom stereocenters. The van der Waals surface area contributed by atoms with Crippen LogP contribution in [0, 0.1) is 28.6 Å². The standard InChI is InChI=1S/C21H33NO3/c1-12(23)22-19-18(25)11-17-15-5-4-13-10-14(24)6-8-20(13,2)16(15)7-9-21(17,19)3/h4,14-19,24-25H,5-11H2,1-3H3,(H,22,23)/t14?,15?,16?,17?,18?,19?,20-,21-/m0/s1.